The molecule has 1 atom stereocenters. The van der Waals surface area contributed by atoms with Crippen LogP contribution in [0.3, 0.4) is 0 Å². The predicted octanol–water partition coefficient (Wildman–Crippen LogP) is 2.33. The molecule has 0 bridgehead atoms. The zero-order valence-electron chi connectivity index (χ0n) is 17.2. The largest absolute Gasteiger partial charge is 0.470 e. The van der Waals surface area contributed by atoms with E-state index in [1.165, 1.54) is 11.3 Å². The van der Waals surface area contributed by atoms with Crippen molar-refractivity contribution in [1.82, 2.24) is 29.6 Å². The third-order valence-electron chi connectivity index (χ3n) is 5.15. The summed E-state index contributed by atoms with van der Waals surface area (Å²) < 4.78 is 15.5. The Hall–Kier alpha value is -3.24. The van der Waals surface area contributed by atoms with Crippen molar-refractivity contribution in [2.45, 2.75) is 18.9 Å². The molecule has 1 amide bonds. The molecule has 10 heteroatoms. The summed E-state index contributed by atoms with van der Waals surface area (Å²) >= 11 is 1.41. The average Bonchev–Trinajstić information content (AvgIpc) is 3.54. The number of carbonyl (C=O) groups is 1. The SMILES string of the molecule is CNC(=O)c1cc(Cc2nc(O[C@H]3CCOC3)c3c(ccn3-c3cnn(C)c3)n2)cs1. The summed E-state index contributed by atoms with van der Waals surface area (Å²) in [6.45, 7) is 1.24. The molecular formula is C21H22N6O3S. The van der Waals surface area contributed by atoms with Gasteiger partial charge < -0.3 is 19.4 Å². The van der Waals surface area contributed by atoms with Gasteiger partial charge >= 0.3 is 0 Å². The normalized spacial score (nSPS) is 16.1. The fourth-order valence-corrected chi connectivity index (χ4v) is 4.48. The van der Waals surface area contributed by atoms with Crippen LogP contribution in [0, 0.1) is 0 Å². The highest BCUT2D eigenvalue weighted by molar-refractivity contribution is 7.12. The standard InChI is InChI=1S/C21H22N6O3S/c1-22-20(28)17-7-13(12-31-17)8-18-24-16-3-5-27(14-9-23-26(2)10-14)19(16)21(25-18)30-15-4-6-29-11-15/h3,5,7,9-10,12,15H,4,6,8,11H2,1-2H3,(H,22,28)/t15-/m0/s1. The zero-order valence-corrected chi connectivity index (χ0v) is 18.1. The number of aryl methyl sites for hydroxylation is 1. The van der Waals surface area contributed by atoms with E-state index in [0.717, 1.165) is 28.7 Å². The Labute approximate surface area is 182 Å². The molecule has 0 aliphatic carbocycles. The number of rotatable bonds is 6. The highest BCUT2D eigenvalue weighted by Gasteiger charge is 2.22. The minimum Gasteiger partial charge on any atom is -0.470 e. The molecule has 4 aromatic rings. The Bertz CT molecular complexity index is 1240. The highest BCUT2D eigenvalue weighted by Crippen LogP contribution is 2.29. The number of thiophene rings is 1. The van der Waals surface area contributed by atoms with E-state index in [4.69, 9.17) is 19.4 Å². The molecule has 1 fully saturated rings. The summed E-state index contributed by atoms with van der Waals surface area (Å²) in [5.41, 5.74) is 3.50. The smallest absolute Gasteiger partial charge is 0.261 e. The molecule has 9 nitrogen and oxygen atoms in total. The summed E-state index contributed by atoms with van der Waals surface area (Å²) in [5.74, 6) is 1.09. The van der Waals surface area contributed by atoms with Gasteiger partial charge in [-0.05, 0) is 23.1 Å². The molecule has 5 heterocycles. The van der Waals surface area contributed by atoms with Gasteiger partial charge in [-0.15, -0.1) is 11.3 Å². The third-order valence-corrected chi connectivity index (χ3v) is 6.13. The molecule has 1 saturated heterocycles. The lowest BCUT2D eigenvalue weighted by atomic mass is 10.2. The second-order valence-electron chi connectivity index (χ2n) is 7.42. The van der Waals surface area contributed by atoms with Crippen molar-refractivity contribution in [3.8, 4) is 11.6 Å². The quantitative estimate of drug-likeness (QED) is 0.496. The Morgan fingerprint density at radius 1 is 1.42 bits per heavy atom. The predicted molar refractivity (Wildman–Crippen MR) is 116 cm³/mol. The van der Waals surface area contributed by atoms with E-state index in [1.807, 2.05) is 41.5 Å². The van der Waals surface area contributed by atoms with E-state index in [0.29, 0.717) is 36.2 Å². The molecule has 1 aliphatic rings. The maximum Gasteiger partial charge on any atom is 0.261 e. The van der Waals surface area contributed by atoms with Crippen molar-refractivity contribution in [2.24, 2.45) is 7.05 Å². The van der Waals surface area contributed by atoms with Crippen molar-refractivity contribution in [1.29, 1.82) is 0 Å². The van der Waals surface area contributed by atoms with E-state index >= 15 is 0 Å². The molecule has 5 rings (SSSR count). The number of hydrogen-bond acceptors (Lipinski definition) is 7. The molecule has 0 aromatic carbocycles. The molecule has 1 aliphatic heterocycles. The lowest BCUT2D eigenvalue weighted by Crippen LogP contribution is -2.18. The van der Waals surface area contributed by atoms with Gasteiger partial charge in [0.05, 0.1) is 35.5 Å². The molecular weight excluding hydrogens is 416 g/mol. The van der Waals surface area contributed by atoms with Crippen LogP contribution in [0.25, 0.3) is 16.7 Å². The summed E-state index contributed by atoms with van der Waals surface area (Å²) in [4.78, 5) is 22.1. The minimum atomic E-state index is -0.0913. The maximum absolute atomic E-state index is 11.9. The van der Waals surface area contributed by atoms with Crippen molar-refractivity contribution < 1.29 is 14.3 Å². The van der Waals surface area contributed by atoms with E-state index in [9.17, 15) is 4.79 Å². The second-order valence-corrected chi connectivity index (χ2v) is 8.33. The summed E-state index contributed by atoms with van der Waals surface area (Å²) in [6, 6.07) is 3.83. The topological polar surface area (TPSA) is 96.1 Å². The summed E-state index contributed by atoms with van der Waals surface area (Å²) in [7, 11) is 3.51. The van der Waals surface area contributed by atoms with Gasteiger partial charge in [0.15, 0.2) is 0 Å². The molecule has 0 unspecified atom stereocenters. The van der Waals surface area contributed by atoms with Gasteiger partial charge in [0.1, 0.15) is 17.4 Å². The van der Waals surface area contributed by atoms with Crippen LogP contribution in [-0.2, 0) is 18.2 Å². The molecule has 0 saturated carbocycles. The van der Waals surface area contributed by atoms with Crippen LogP contribution < -0.4 is 10.1 Å². The van der Waals surface area contributed by atoms with E-state index < -0.39 is 0 Å². The first kappa shape index (κ1) is 19.7. The van der Waals surface area contributed by atoms with Gasteiger partial charge in [0.2, 0.25) is 5.88 Å². The first-order chi connectivity index (χ1) is 15.1. The Morgan fingerprint density at radius 2 is 2.32 bits per heavy atom. The first-order valence-corrected chi connectivity index (χ1v) is 10.9. The molecule has 31 heavy (non-hydrogen) atoms. The van der Waals surface area contributed by atoms with Gasteiger partial charge in [-0.2, -0.15) is 10.1 Å². The van der Waals surface area contributed by atoms with Crippen LogP contribution in [0.4, 0.5) is 0 Å². The monoisotopic (exact) mass is 438 g/mol. The number of amides is 1. The molecule has 1 N–H and O–H groups in total. The fraction of sp³-hybridized carbons (Fsp3) is 0.333. The number of nitrogens with one attached hydrogen (secondary N) is 1. The number of fused-ring (bicyclic) bond motifs is 1. The molecule has 0 radical (unpaired) electrons. The van der Waals surface area contributed by atoms with Gasteiger partial charge in [-0.25, -0.2) is 4.98 Å². The average molecular weight is 439 g/mol. The van der Waals surface area contributed by atoms with E-state index in [2.05, 4.69) is 10.4 Å². The van der Waals surface area contributed by atoms with Crippen LogP contribution >= 0.6 is 11.3 Å². The third kappa shape index (κ3) is 3.91. The van der Waals surface area contributed by atoms with Crippen LogP contribution in [0.1, 0.15) is 27.5 Å². The van der Waals surface area contributed by atoms with Gasteiger partial charge in [-0.1, -0.05) is 0 Å². The minimum absolute atomic E-state index is 0.0378. The van der Waals surface area contributed by atoms with Crippen LogP contribution in [0.5, 0.6) is 5.88 Å². The van der Waals surface area contributed by atoms with Crippen LogP contribution in [-0.4, -0.2) is 56.6 Å². The van der Waals surface area contributed by atoms with Crippen LogP contribution in [0.2, 0.25) is 0 Å². The summed E-state index contributed by atoms with van der Waals surface area (Å²) in [6.07, 6.45) is 6.98. The number of carbonyl (C=O) groups excluding carboxylic acids is 1. The molecule has 160 valence electrons. The van der Waals surface area contributed by atoms with Gasteiger partial charge in [-0.3, -0.25) is 9.48 Å². The Balaban J connectivity index is 1.54. The van der Waals surface area contributed by atoms with Crippen molar-refractivity contribution in [2.75, 3.05) is 20.3 Å². The molecule has 4 aromatic heterocycles. The van der Waals surface area contributed by atoms with Crippen molar-refractivity contribution in [3.63, 3.8) is 0 Å². The highest BCUT2D eigenvalue weighted by atomic mass is 32.1. The van der Waals surface area contributed by atoms with E-state index in [1.54, 1.807) is 17.9 Å². The number of ether oxygens (including phenoxy) is 2. The van der Waals surface area contributed by atoms with Gasteiger partial charge in [0, 0.05) is 39.3 Å². The van der Waals surface area contributed by atoms with E-state index in [-0.39, 0.29) is 12.0 Å². The Morgan fingerprint density at radius 3 is 3.06 bits per heavy atom. The zero-order chi connectivity index (χ0) is 21.4. The fourth-order valence-electron chi connectivity index (χ4n) is 3.62. The number of nitrogens with zero attached hydrogens (tertiary/aromatic N) is 5. The van der Waals surface area contributed by atoms with Crippen molar-refractivity contribution in [3.05, 3.63) is 52.4 Å². The van der Waals surface area contributed by atoms with Crippen molar-refractivity contribution >= 4 is 28.3 Å². The van der Waals surface area contributed by atoms with Crippen LogP contribution in [0.15, 0.2) is 36.1 Å². The number of aromatic nitrogens is 5. The number of hydrogen-bond donors (Lipinski definition) is 1. The lowest BCUT2D eigenvalue weighted by Gasteiger charge is -2.14. The second kappa shape index (κ2) is 8.12. The first-order valence-electron chi connectivity index (χ1n) is 10.0. The Kier molecular flexibility index (Phi) is 5.16. The summed E-state index contributed by atoms with van der Waals surface area (Å²) in [5, 5.41) is 8.89. The maximum atomic E-state index is 11.9. The lowest BCUT2D eigenvalue weighted by molar-refractivity contribution is 0.0967. The van der Waals surface area contributed by atoms with Gasteiger partial charge in [0.25, 0.3) is 5.91 Å². The molecule has 0 spiro atoms.